The Labute approximate surface area is 172 Å². The van der Waals surface area contributed by atoms with Crippen LogP contribution in [0.1, 0.15) is 29.9 Å². The number of likely N-dealkylation sites (N-methyl/N-ethyl adjacent to an activating group) is 1. The minimum atomic E-state index is 0.0813. The van der Waals surface area contributed by atoms with Crippen LogP contribution in [0.25, 0.3) is 10.9 Å². The van der Waals surface area contributed by atoms with Gasteiger partial charge in [-0.15, -0.1) is 6.58 Å². The molecule has 0 fully saturated rings. The zero-order valence-electron chi connectivity index (χ0n) is 17.3. The van der Waals surface area contributed by atoms with Crippen LogP contribution in [0.15, 0.2) is 67.4 Å². The summed E-state index contributed by atoms with van der Waals surface area (Å²) >= 11 is 0. The van der Waals surface area contributed by atoms with Crippen molar-refractivity contribution in [3.8, 4) is 0 Å². The van der Waals surface area contributed by atoms with Crippen LogP contribution in [0, 0.1) is 0 Å². The van der Waals surface area contributed by atoms with Gasteiger partial charge < -0.3 is 10.2 Å². The lowest BCUT2D eigenvalue weighted by atomic mass is 9.92. The van der Waals surface area contributed by atoms with E-state index in [4.69, 9.17) is 0 Å². The van der Waals surface area contributed by atoms with Gasteiger partial charge in [0.25, 0.3) is 0 Å². The fraction of sp³-hybridized carbons (Fsp3) is 0.333. The van der Waals surface area contributed by atoms with E-state index in [1.165, 1.54) is 11.1 Å². The zero-order valence-corrected chi connectivity index (χ0v) is 17.3. The second-order valence-corrected chi connectivity index (χ2v) is 7.75. The number of carbonyl (C=O) groups is 1. The van der Waals surface area contributed by atoms with Gasteiger partial charge in [0.1, 0.15) is 0 Å². The molecule has 1 amide bonds. The first-order chi connectivity index (χ1) is 14.1. The van der Waals surface area contributed by atoms with Crippen LogP contribution in [0.3, 0.4) is 0 Å². The van der Waals surface area contributed by atoms with Crippen molar-refractivity contribution in [1.29, 1.82) is 0 Å². The second kappa shape index (κ2) is 10.0. The summed E-state index contributed by atoms with van der Waals surface area (Å²) in [5, 5.41) is 11.3. The molecule has 0 saturated carbocycles. The van der Waals surface area contributed by atoms with Crippen LogP contribution in [-0.2, 0) is 11.2 Å². The highest BCUT2D eigenvalue weighted by atomic mass is 16.1. The maximum Gasteiger partial charge on any atom is 0.220 e. The van der Waals surface area contributed by atoms with Crippen molar-refractivity contribution in [3.05, 3.63) is 78.5 Å². The zero-order chi connectivity index (χ0) is 20.6. The molecule has 0 aliphatic carbocycles. The number of aromatic nitrogens is 2. The van der Waals surface area contributed by atoms with Crippen molar-refractivity contribution >= 4 is 16.8 Å². The predicted octanol–water partition coefficient (Wildman–Crippen LogP) is 3.90. The molecule has 0 saturated heterocycles. The molecule has 29 heavy (non-hydrogen) atoms. The first-order valence-electron chi connectivity index (χ1n) is 10.1. The van der Waals surface area contributed by atoms with E-state index in [0.717, 1.165) is 23.7 Å². The van der Waals surface area contributed by atoms with E-state index in [1.807, 2.05) is 30.5 Å². The second-order valence-electron chi connectivity index (χ2n) is 7.75. The Balaban J connectivity index is 1.58. The molecule has 5 nitrogen and oxygen atoms in total. The molecule has 1 aromatic heterocycles. The Morgan fingerprint density at radius 3 is 2.76 bits per heavy atom. The van der Waals surface area contributed by atoms with E-state index in [2.05, 4.69) is 71.4 Å². The third kappa shape index (κ3) is 5.78. The number of fused-ring (bicyclic) bond motifs is 1. The number of hydrogen-bond donors (Lipinski definition) is 2. The van der Waals surface area contributed by atoms with Crippen LogP contribution in [0.4, 0.5) is 0 Å². The molecule has 2 unspecified atom stereocenters. The topological polar surface area (TPSA) is 61.0 Å². The van der Waals surface area contributed by atoms with Gasteiger partial charge in [0.05, 0.1) is 11.7 Å². The molecule has 2 N–H and O–H groups in total. The van der Waals surface area contributed by atoms with E-state index < -0.39 is 0 Å². The average Bonchev–Trinajstić information content (AvgIpc) is 3.19. The van der Waals surface area contributed by atoms with Gasteiger partial charge in [-0.1, -0.05) is 42.5 Å². The number of carbonyl (C=O) groups excluding carboxylic acids is 1. The molecule has 5 heteroatoms. The molecule has 1 heterocycles. The van der Waals surface area contributed by atoms with E-state index in [1.54, 1.807) is 0 Å². The quantitative estimate of drug-likeness (QED) is 0.516. The SMILES string of the molecule is C=CCC(CC(=O)NCC(Cc1ccc2[nH]ncc2c1)N(C)C)c1ccccc1. The minimum absolute atomic E-state index is 0.0813. The maximum absolute atomic E-state index is 12.6. The third-order valence-electron chi connectivity index (χ3n) is 5.40. The monoisotopic (exact) mass is 390 g/mol. The molecule has 0 aliphatic rings. The molecule has 3 aromatic rings. The lowest BCUT2D eigenvalue weighted by Crippen LogP contribution is -2.41. The summed E-state index contributed by atoms with van der Waals surface area (Å²) in [6.07, 6.45) is 5.85. The maximum atomic E-state index is 12.6. The molecule has 152 valence electrons. The smallest absolute Gasteiger partial charge is 0.220 e. The van der Waals surface area contributed by atoms with Gasteiger partial charge in [-0.05, 0) is 56.1 Å². The number of nitrogens with zero attached hydrogens (tertiary/aromatic N) is 2. The van der Waals surface area contributed by atoms with Crippen molar-refractivity contribution in [2.24, 2.45) is 0 Å². The summed E-state index contributed by atoms with van der Waals surface area (Å²) in [6.45, 7) is 4.47. The average molecular weight is 391 g/mol. The largest absolute Gasteiger partial charge is 0.355 e. The molecular weight excluding hydrogens is 360 g/mol. The van der Waals surface area contributed by atoms with Crippen LogP contribution in [-0.4, -0.2) is 47.7 Å². The minimum Gasteiger partial charge on any atom is -0.355 e. The van der Waals surface area contributed by atoms with Gasteiger partial charge in [-0.2, -0.15) is 5.10 Å². The highest BCUT2D eigenvalue weighted by molar-refractivity contribution is 5.78. The Bertz CT molecular complexity index is 932. The first kappa shape index (κ1) is 20.8. The van der Waals surface area contributed by atoms with Gasteiger partial charge in [0.2, 0.25) is 5.91 Å². The number of aromatic amines is 1. The molecule has 0 bridgehead atoms. The van der Waals surface area contributed by atoms with Crippen LogP contribution >= 0.6 is 0 Å². The summed E-state index contributed by atoms with van der Waals surface area (Å²) in [7, 11) is 4.11. The number of rotatable bonds is 10. The Morgan fingerprint density at radius 2 is 2.03 bits per heavy atom. The van der Waals surface area contributed by atoms with Crippen molar-refractivity contribution < 1.29 is 4.79 Å². The summed E-state index contributed by atoms with van der Waals surface area (Å²) in [5.41, 5.74) is 3.46. The summed E-state index contributed by atoms with van der Waals surface area (Å²) in [5.74, 6) is 0.243. The lowest BCUT2D eigenvalue weighted by molar-refractivity contribution is -0.121. The van der Waals surface area contributed by atoms with Crippen molar-refractivity contribution in [1.82, 2.24) is 20.4 Å². The normalized spacial score (nSPS) is 13.3. The van der Waals surface area contributed by atoms with Crippen LogP contribution in [0.5, 0.6) is 0 Å². The van der Waals surface area contributed by atoms with Crippen molar-refractivity contribution in [2.75, 3.05) is 20.6 Å². The molecule has 3 rings (SSSR count). The van der Waals surface area contributed by atoms with Crippen LogP contribution in [0.2, 0.25) is 0 Å². The molecule has 0 spiro atoms. The highest BCUT2D eigenvalue weighted by Crippen LogP contribution is 2.23. The third-order valence-corrected chi connectivity index (χ3v) is 5.40. The molecule has 2 aromatic carbocycles. The van der Waals surface area contributed by atoms with Gasteiger partial charge >= 0.3 is 0 Å². The van der Waals surface area contributed by atoms with Gasteiger partial charge in [0.15, 0.2) is 0 Å². The first-order valence-corrected chi connectivity index (χ1v) is 10.1. The van der Waals surface area contributed by atoms with Crippen molar-refractivity contribution in [2.45, 2.75) is 31.2 Å². The van der Waals surface area contributed by atoms with Gasteiger partial charge in [-0.3, -0.25) is 9.89 Å². The fourth-order valence-corrected chi connectivity index (χ4v) is 3.62. The fourth-order valence-electron chi connectivity index (χ4n) is 3.62. The molecular formula is C24H30N4O. The summed E-state index contributed by atoms with van der Waals surface area (Å²) in [4.78, 5) is 14.8. The summed E-state index contributed by atoms with van der Waals surface area (Å²) < 4.78 is 0. The van der Waals surface area contributed by atoms with E-state index in [9.17, 15) is 4.79 Å². The standard InChI is InChI=1S/C24H30N4O/c1-4-8-20(19-9-6-5-7-10-19)15-24(29)25-17-22(28(2)3)14-18-11-12-23-21(13-18)16-26-27-23/h4-7,9-13,16,20,22H,1,8,14-15,17H2,2-3H3,(H,25,29)(H,26,27). The predicted molar refractivity (Wildman–Crippen MR) is 119 cm³/mol. The molecule has 0 radical (unpaired) electrons. The number of nitrogens with one attached hydrogen (secondary N) is 2. The van der Waals surface area contributed by atoms with Crippen LogP contribution < -0.4 is 5.32 Å². The van der Waals surface area contributed by atoms with E-state index in [0.29, 0.717) is 13.0 Å². The number of allylic oxidation sites excluding steroid dienone is 1. The lowest BCUT2D eigenvalue weighted by Gasteiger charge is -2.25. The highest BCUT2D eigenvalue weighted by Gasteiger charge is 2.18. The van der Waals surface area contributed by atoms with Crippen molar-refractivity contribution in [3.63, 3.8) is 0 Å². The Kier molecular flexibility index (Phi) is 7.19. The number of benzene rings is 2. The van der Waals surface area contributed by atoms with Gasteiger partial charge in [0, 0.05) is 24.4 Å². The van der Waals surface area contributed by atoms with E-state index in [-0.39, 0.29) is 17.9 Å². The molecule has 0 aliphatic heterocycles. The van der Waals surface area contributed by atoms with Gasteiger partial charge in [-0.25, -0.2) is 0 Å². The Morgan fingerprint density at radius 1 is 1.24 bits per heavy atom. The number of hydrogen-bond acceptors (Lipinski definition) is 3. The molecule has 2 atom stereocenters. The van der Waals surface area contributed by atoms with E-state index >= 15 is 0 Å². The Hall–Kier alpha value is -2.92. The number of H-pyrrole nitrogens is 1. The number of amides is 1. The summed E-state index contributed by atoms with van der Waals surface area (Å²) in [6, 6.07) is 16.7.